The van der Waals surface area contributed by atoms with Gasteiger partial charge in [0, 0.05) is 37.6 Å². The Morgan fingerprint density at radius 1 is 1.33 bits per heavy atom. The van der Waals surface area contributed by atoms with Crippen molar-refractivity contribution in [3.8, 4) is 0 Å². The second-order valence-corrected chi connectivity index (χ2v) is 7.61. The summed E-state index contributed by atoms with van der Waals surface area (Å²) in [5, 5.41) is 0. The SMILES string of the molecule is C[C@@H]1C[C@@]2(CC3=NCCN3C)C[C@H]2N1C(C)(C)C. The molecular weight excluding hydrogens is 222 g/mol. The highest BCUT2D eigenvalue weighted by Crippen LogP contribution is 2.63. The van der Waals surface area contributed by atoms with Gasteiger partial charge in [0.15, 0.2) is 0 Å². The number of piperidine rings is 1. The van der Waals surface area contributed by atoms with Gasteiger partial charge in [0.25, 0.3) is 0 Å². The Morgan fingerprint density at radius 3 is 2.56 bits per heavy atom. The zero-order valence-electron chi connectivity index (χ0n) is 12.5. The van der Waals surface area contributed by atoms with E-state index in [-0.39, 0.29) is 0 Å². The van der Waals surface area contributed by atoms with Gasteiger partial charge in [-0.25, -0.2) is 0 Å². The van der Waals surface area contributed by atoms with Crippen molar-refractivity contribution in [1.82, 2.24) is 9.80 Å². The van der Waals surface area contributed by atoms with E-state index in [9.17, 15) is 0 Å². The Balaban J connectivity index is 1.73. The molecule has 0 bridgehead atoms. The molecule has 3 rings (SSSR count). The van der Waals surface area contributed by atoms with Crippen LogP contribution in [0.25, 0.3) is 0 Å². The van der Waals surface area contributed by atoms with Crippen molar-refractivity contribution in [1.29, 1.82) is 0 Å². The first-order chi connectivity index (χ1) is 8.33. The number of hydrogen-bond acceptors (Lipinski definition) is 3. The highest BCUT2D eigenvalue weighted by Gasteiger charge is 2.65. The number of fused-ring (bicyclic) bond motifs is 1. The lowest BCUT2D eigenvalue weighted by atomic mass is 9.95. The average molecular weight is 249 g/mol. The molecule has 1 saturated heterocycles. The summed E-state index contributed by atoms with van der Waals surface area (Å²) in [7, 11) is 2.19. The van der Waals surface area contributed by atoms with Crippen molar-refractivity contribution in [2.24, 2.45) is 10.4 Å². The normalized spacial score (nSPS) is 40.1. The Bertz CT molecular complexity index is 382. The molecule has 0 aromatic heterocycles. The summed E-state index contributed by atoms with van der Waals surface area (Å²) in [6.07, 6.45) is 3.97. The van der Waals surface area contributed by atoms with Gasteiger partial charge >= 0.3 is 0 Å². The molecule has 0 amide bonds. The van der Waals surface area contributed by atoms with Gasteiger partial charge in [0.1, 0.15) is 0 Å². The maximum Gasteiger partial charge on any atom is 0.0993 e. The summed E-state index contributed by atoms with van der Waals surface area (Å²) < 4.78 is 0. The highest BCUT2D eigenvalue weighted by molar-refractivity contribution is 5.84. The van der Waals surface area contributed by atoms with Gasteiger partial charge in [-0.05, 0) is 46.0 Å². The molecule has 0 radical (unpaired) electrons. The molecular formula is C15H27N3. The Morgan fingerprint density at radius 2 is 2.06 bits per heavy atom. The second kappa shape index (κ2) is 3.72. The van der Waals surface area contributed by atoms with E-state index in [0.29, 0.717) is 11.0 Å². The number of nitrogens with zero attached hydrogens (tertiary/aromatic N) is 3. The van der Waals surface area contributed by atoms with E-state index < -0.39 is 0 Å². The molecule has 3 heteroatoms. The van der Waals surface area contributed by atoms with E-state index >= 15 is 0 Å². The van der Waals surface area contributed by atoms with Crippen molar-refractivity contribution >= 4 is 5.84 Å². The van der Waals surface area contributed by atoms with Crippen molar-refractivity contribution in [3.63, 3.8) is 0 Å². The zero-order chi connectivity index (χ0) is 13.1. The summed E-state index contributed by atoms with van der Waals surface area (Å²) >= 11 is 0. The minimum absolute atomic E-state index is 0.311. The largest absolute Gasteiger partial charge is 0.362 e. The Kier molecular flexibility index (Phi) is 2.58. The number of likely N-dealkylation sites (N-methyl/N-ethyl adjacent to an activating group) is 1. The van der Waals surface area contributed by atoms with Crippen LogP contribution in [0, 0.1) is 5.41 Å². The monoisotopic (exact) mass is 249 g/mol. The molecule has 2 aliphatic heterocycles. The smallest absolute Gasteiger partial charge is 0.0993 e. The van der Waals surface area contributed by atoms with Crippen LogP contribution >= 0.6 is 0 Å². The summed E-state index contributed by atoms with van der Waals surface area (Å²) in [4.78, 5) is 9.80. The maximum absolute atomic E-state index is 4.69. The molecule has 3 nitrogen and oxygen atoms in total. The molecule has 3 atom stereocenters. The van der Waals surface area contributed by atoms with Crippen LogP contribution in [0.15, 0.2) is 4.99 Å². The third kappa shape index (κ3) is 1.78. The third-order valence-electron chi connectivity index (χ3n) is 5.11. The van der Waals surface area contributed by atoms with Crippen LogP contribution in [-0.4, -0.2) is 53.4 Å². The van der Waals surface area contributed by atoms with Gasteiger partial charge in [-0.15, -0.1) is 0 Å². The van der Waals surface area contributed by atoms with Gasteiger partial charge in [-0.3, -0.25) is 9.89 Å². The summed E-state index contributed by atoms with van der Waals surface area (Å²) in [6.45, 7) is 11.6. The minimum atomic E-state index is 0.311. The highest BCUT2D eigenvalue weighted by atomic mass is 15.3. The fraction of sp³-hybridized carbons (Fsp3) is 0.933. The molecule has 1 saturated carbocycles. The minimum Gasteiger partial charge on any atom is -0.362 e. The van der Waals surface area contributed by atoms with Crippen molar-refractivity contribution in [2.45, 2.75) is 64.6 Å². The number of rotatable bonds is 2. The molecule has 2 fully saturated rings. The number of aliphatic imine (C=N–C) groups is 1. The zero-order valence-corrected chi connectivity index (χ0v) is 12.5. The van der Waals surface area contributed by atoms with Gasteiger partial charge < -0.3 is 4.90 Å². The first kappa shape index (κ1) is 12.5. The van der Waals surface area contributed by atoms with Crippen molar-refractivity contribution in [2.75, 3.05) is 20.1 Å². The van der Waals surface area contributed by atoms with E-state index in [0.717, 1.165) is 25.2 Å². The molecule has 2 heterocycles. The predicted molar refractivity (Wildman–Crippen MR) is 76.1 cm³/mol. The van der Waals surface area contributed by atoms with Crippen LogP contribution in [0.1, 0.15) is 47.0 Å². The van der Waals surface area contributed by atoms with Crippen LogP contribution in [0.4, 0.5) is 0 Å². The number of hydrogen-bond donors (Lipinski definition) is 0. The van der Waals surface area contributed by atoms with Gasteiger partial charge in [0.05, 0.1) is 12.4 Å². The first-order valence-corrected chi connectivity index (χ1v) is 7.36. The predicted octanol–water partition coefficient (Wildman–Crippen LogP) is 2.37. The molecule has 3 aliphatic rings. The third-order valence-corrected chi connectivity index (χ3v) is 5.11. The van der Waals surface area contributed by atoms with E-state index in [1.54, 1.807) is 0 Å². The van der Waals surface area contributed by atoms with Crippen LogP contribution in [-0.2, 0) is 0 Å². The standard InChI is InChI=1S/C15H27N3/c1-11-8-15(10-13-16-6-7-17(13)5)9-12(15)18(11)14(2,3)4/h11-12H,6-10H2,1-5H3/t11-,12-,15+/m1/s1. The van der Waals surface area contributed by atoms with Crippen LogP contribution < -0.4 is 0 Å². The molecule has 0 N–H and O–H groups in total. The number of likely N-dealkylation sites (tertiary alicyclic amines) is 1. The van der Waals surface area contributed by atoms with E-state index in [1.165, 1.54) is 25.1 Å². The average Bonchev–Trinajstić information content (AvgIpc) is 2.59. The number of amidine groups is 1. The molecule has 0 aromatic carbocycles. The van der Waals surface area contributed by atoms with Gasteiger partial charge in [0.2, 0.25) is 0 Å². The first-order valence-electron chi connectivity index (χ1n) is 7.36. The van der Waals surface area contributed by atoms with Gasteiger partial charge in [-0.1, -0.05) is 0 Å². The van der Waals surface area contributed by atoms with E-state index in [1.807, 2.05) is 0 Å². The molecule has 0 unspecified atom stereocenters. The van der Waals surface area contributed by atoms with Crippen molar-refractivity contribution < 1.29 is 0 Å². The lowest BCUT2D eigenvalue weighted by molar-refractivity contribution is 0.104. The van der Waals surface area contributed by atoms with Crippen LogP contribution in [0.5, 0.6) is 0 Å². The summed E-state index contributed by atoms with van der Waals surface area (Å²) in [6, 6.07) is 1.54. The molecule has 1 aliphatic carbocycles. The Labute approximate surface area is 111 Å². The maximum atomic E-state index is 4.69. The van der Waals surface area contributed by atoms with Crippen LogP contribution in [0.3, 0.4) is 0 Å². The fourth-order valence-electron chi connectivity index (χ4n) is 4.41. The van der Waals surface area contributed by atoms with Gasteiger partial charge in [-0.2, -0.15) is 0 Å². The molecule has 102 valence electrons. The quantitative estimate of drug-likeness (QED) is 0.748. The van der Waals surface area contributed by atoms with Crippen LogP contribution in [0.2, 0.25) is 0 Å². The lowest BCUT2D eigenvalue weighted by Crippen LogP contribution is -2.45. The summed E-state index contributed by atoms with van der Waals surface area (Å²) in [5.74, 6) is 1.36. The second-order valence-electron chi connectivity index (χ2n) is 7.61. The molecule has 18 heavy (non-hydrogen) atoms. The van der Waals surface area contributed by atoms with E-state index in [4.69, 9.17) is 0 Å². The fourth-order valence-corrected chi connectivity index (χ4v) is 4.41. The Hall–Kier alpha value is -0.570. The summed E-state index contributed by atoms with van der Waals surface area (Å²) in [5.41, 5.74) is 0.871. The molecule has 0 aromatic rings. The lowest BCUT2D eigenvalue weighted by Gasteiger charge is -2.37. The molecule has 0 spiro atoms. The topological polar surface area (TPSA) is 18.8 Å². The van der Waals surface area contributed by atoms with Crippen molar-refractivity contribution in [3.05, 3.63) is 0 Å². The van der Waals surface area contributed by atoms with E-state index in [2.05, 4.69) is 49.5 Å².